The van der Waals surface area contributed by atoms with Crippen molar-refractivity contribution in [2.45, 2.75) is 38.1 Å². The predicted molar refractivity (Wildman–Crippen MR) is 71.4 cm³/mol. The third kappa shape index (κ3) is 2.95. The molecule has 19 heavy (non-hydrogen) atoms. The largest absolute Gasteiger partial charge is 0.481 e. The Bertz CT molecular complexity index is 457. The van der Waals surface area contributed by atoms with E-state index < -0.39 is 11.5 Å². The quantitative estimate of drug-likeness (QED) is 0.909. The maximum absolute atomic E-state index is 14.1. The maximum atomic E-state index is 14.1. The molecule has 1 aliphatic heterocycles. The minimum Gasteiger partial charge on any atom is -0.481 e. The highest BCUT2D eigenvalue weighted by Crippen LogP contribution is 2.35. The van der Waals surface area contributed by atoms with Gasteiger partial charge in [0, 0.05) is 5.56 Å². The smallest absolute Gasteiger partial charge is 0.305 e. The molecule has 0 spiro atoms. The van der Waals surface area contributed by atoms with Crippen LogP contribution >= 0.6 is 0 Å². The Morgan fingerprint density at radius 2 is 1.95 bits per heavy atom. The molecule has 3 nitrogen and oxygen atoms in total. The number of hydrogen-bond acceptors (Lipinski definition) is 2. The molecule has 1 unspecified atom stereocenters. The molecule has 0 aliphatic carbocycles. The van der Waals surface area contributed by atoms with Gasteiger partial charge in [0.25, 0.3) is 0 Å². The summed E-state index contributed by atoms with van der Waals surface area (Å²) in [6.07, 6.45) is 3.18. The molecule has 1 atom stereocenters. The second-order valence-electron chi connectivity index (χ2n) is 5.37. The molecule has 4 heteroatoms. The van der Waals surface area contributed by atoms with E-state index in [9.17, 15) is 14.3 Å². The minimum absolute atomic E-state index is 0.0755. The Balaban J connectivity index is 2.38. The molecular weight excluding hydrogens is 245 g/mol. The lowest BCUT2D eigenvalue weighted by Crippen LogP contribution is -2.48. The van der Waals surface area contributed by atoms with Crippen LogP contribution in [0.25, 0.3) is 0 Å². The summed E-state index contributed by atoms with van der Waals surface area (Å²) in [5.41, 5.74) is -0.281. The highest BCUT2D eigenvalue weighted by molar-refractivity contribution is 5.69. The van der Waals surface area contributed by atoms with E-state index >= 15 is 0 Å². The Hall–Kier alpha value is -1.42. The molecule has 1 fully saturated rings. The summed E-state index contributed by atoms with van der Waals surface area (Å²) in [6, 6.07) is 6.50. The number of nitrogens with zero attached hydrogens (tertiary/aromatic N) is 1. The molecule has 0 amide bonds. The predicted octanol–water partition coefficient (Wildman–Crippen LogP) is 3.00. The standard InChI is InChI=1S/C15H20FNO2/c1-15(11-14(18)19,17-9-5-2-6-10-17)12-7-3-4-8-13(12)16/h3-4,7-8H,2,5-6,9-11H2,1H3,(H,18,19). The summed E-state index contributed by atoms with van der Waals surface area (Å²) in [5, 5.41) is 9.18. The van der Waals surface area contributed by atoms with Gasteiger partial charge in [-0.1, -0.05) is 24.6 Å². The van der Waals surface area contributed by atoms with Crippen molar-refractivity contribution in [1.29, 1.82) is 0 Å². The van der Waals surface area contributed by atoms with E-state index in [0.29, 0.717) is 5.56 Å². The molecule has 1 aromatic rings. The lowest BCUT2D eigenvalue weighted by molar-refractivity contribution is -0.140. The number of aliphatic carboxylic acids is 1. The van der Waals surface area contributed by atoms with Gasteiger partial charge in [0.05, 0.1) is 12.0 Å². The van der Waals surface area contributed by atoms with Crippen molar-refractivity contribution in [2.75, 3.05) is 13.1 Å². The highest BCUT2D eigenvalue weighted by atomic mass is 19.1. The third-order valence-corrected chi connectivity index (χ3v) is 4.00. The van der Waals surface area contributed by atoms with E-state index in [4.69, 9.17) is 0 Å². The molecule has 1 N–H and O–H groups in total. The van der Waals surface area contributed by atoms with Gasteiger partial charge < -0.3 is 5.11 Å². The number of likely N-dealkylation sites (tertiary alicyclic amines) is 1. The molecule has 2 rings (SSSR count). The topological polar surface area (TPSA) is 40.5 Å². The Morgan fingerprint density at radius 3 is 2.53 bits per heavy atom. The lowest BCUT2D eigenvalue weighted by atomic mass is 9.85. The van der Waals surface area contributed by atoms with Gasteiger partial charge in [0.15, 0.2) is 0 Å². The summed E-state index contributed by atoms with van der Waals surface area (Å²) < 4.78 is 14.1. The van der Waals surface area contributed by atoms with Crippen LogP contribution in [0.3, 0.4) is 0 Å². The van der Waals surface area contributed by atoms with E-state index in [0.717, 1.165) is 32.4 Å². The number of carboxylic acids is 1. The van der Waals surface area contributed by atoms with Crippen molar-refractivity contribution in [3.8, 4) is 0 Å². The molecular formula is C15H20FNO2. The van der Waals surface area contributed by atoms with E-state index in [1.54, 1.807) is 18.2 Å². The monoisotopic (exact) mass is 265 g/mol. The first-order chi connectivity index (χ1) is 9.04. The second kappa shape index (κ2) is 5.70. The van der Waals surface area contributed by atoms with Crippen LogP contribution in [0.5, 0.6) is 0 Å². The summed E-state index contributed by atoms with van der Waals surface area (Å²) >= 11 is 0. The van der Waals surface area contributed by atoms with Gasteiger partial charge in [-0.05, 0) is 38.9 Å². The van der Waals surface area contributed by atoms with E-state index in [1.165, 1.54) is 6.07 Å². The average molecular weight is 265 g/mol. The number of halogens is 1. The Morgan fingerprint density at radius 1 is 1.32 bits per heavy atom. The molecule has 104 valence electrons. The number of hydrogen-bond donors (Lipinski definition) is 1. The van der Waals surface area contributed by atoms with Crippen molar-refractivity contribution < 1.29 is 14.3 Å². The average Bonchev–Trinajstić information content (AvgIpc) is 2.39. The first-order valence-corrected chi connectivity index (χ1v) is 6.76. The zero-order chi connectivity index (χ0) is 13.9. The van der Waals surface area contributed by atoms with Crippen molar-refractivity contribution in [1.82, 2.24) is 4.90 Å². The summed E-state index contributed by atoms with van der Waals surface area (Å²) in [5.74, 6) is -1.21. The molecule has 1 aromatic carbocycles. The lowest BCUT2D eigenvalue weighted by Gasteiger charge is -2.43. The SMILES string of the molecule is CC(CC(=O)O)(c1ccccc1F)N1CCCCC1. The normalized spacial score (nSPS) is 19.9. The van der Waals surface area contributed by atoms with Crippen LogP contribution in [-0.2, 0) is 10.3 Å². The number of piperidine rings is 1. The minimum atomic E-state index is -0.892. The van der Waals surface area contributed by atoms with Gasteiger partial charge in [0.2, 0.25) is 0 Å². The van der Waals surface area contributed by atoms with Crippen molar-refractivity contribution in [3.05, 3.63) is 35.6 Å². The third-order valence-electron chi connectivity index (χ3n) is 4.00. The Kier molecular flexibility index (Phi) is 4.20. The van der Waals surface area contributed by atoms with E-state index in [-0.39, 0.29) is 12.2 Å². The molecule has 0 aromatic heterocycles. The molecule has 0 radical (unpaired) electrons. The number of carbonyl (C=O) groups is 1. The number of carboxylic acid groups (broad SMARTS) is 1. The molecule has 0 bridgehead atoms. The number of benzene rings is 1. The molecule has 1 aliphatic rings. The fourth-order valence-electron chi connectivity index (χ4n) is 2.96. The van der Waals surface area contributed by atoms with Gasteiger partial charge in [-0.2, -0.15) is 0 Å². The number of rotatable bonds is 4. The van der Waals surface area contributed by atoms with Gasteiger partial charge in [-0.25, -0.2) is 4.39 Å². The maximum Gasteiger partial charge on any atom is 0.305 e. The van der Waals surface area contributed by atoms with Crippen molar-refractivity contribution in [3.63, 3.8) is 0 Å². The van der Waals surface area contributed by atoms with Crippen LogP contribution in [0, 0.1) is 5.82 Å². The second-order valence-corrected chi connectivity index (χ2v) is 5.37. The van der Waals surface area contributed by atoms with Crippen molar-refractivity contribution >= 4 is 5.97 Å². The zero-order valence-corrected chi connectivity index (χ0v) is 11.2. The van der Waals surface area contributed by atoms with Crippen LogP contribution in [-0.4, -0.2) is 29.1 Å². The van der Waals surface area contributed by atoms with Crippen LogP contribution in [0.2, 0.25) is 0 Å². The van der Waals surface area contributed by atoms with Crippen LogP contribution in [0.4, 0.5) is 4.39 Å². The summed E-state index contributed by atoms with van der Waals surface area (Å²) in [4.78, 5) is 13.3. The summed E-state index contributed by atoms with van der Waals surface area (Å²) in [7, 11) is 0. The van der Waals surface area contributed by atoms with Crippen LogP contribution < -0.4 is 0 Å². The van der Waals surface area contributed by atoms with E-state index in [2.05, 4.69) is 4.90 Å². The fraction of sp³-hybridized carbons (Fsp3) is 0.533. The first kappa shape index (κ1) is 14.0. The highest BCUT2D eigenvalue weighted by Gasteiger charge is 2.38. The first-order valence-electron chi connectivity index (χ1n) is 6.76. The van der Waals surface area contributed by atoms with Gasteiger partial charge in [0.1, 0.15) is 5.82 Å². The van der Waals surface area contributed by atoms with Gasteiger partial charge in [-0.3, -0.25) is 9.69 Å². The van der Waals surface area contributed by atoms with Crippen LogP contribution in [0.1, 0.15) is 38.2 Å². The fourth-order valence-corrected chi connectivity index (χ4v) is 2.96. The Labute approximate surface area is 113 Å². The zero-order valence-electron chi connectivity index (χ0n) is 11.2. The molecule has 1 saturated heterocycles. The summed E-state index contributed by atoms with van der Waals surface area (Å²) in [6.45, 7) is 3.50. The van der Waals surface area contributed by atoms with Gasteiger partial charge >= 0.3 is 5.97 Å². The van der Waals surface area contributed by atoms with Crippen LogP contribution in [0.15, 0.2) is 24.3 Å². The van der Waals surface area contributed by atoms with Gasteiger partial charge in [-0.15, -0.1) is 0 Å². The molecule has 1 heterocycles. The van der Waals surface area contributed by atoms with Crippen molar-refractivity contribution in [2.24, 2.45) is 0 Å². The van der Waals surface area contributed by atoms with E-state index in [1.807, 2.05) is 6.92 Å². The molecule has 0 saturated carbocycles.